The molecule has 0 aliphatic carbocycles. The third-order valence-corrected chi connectivity index (χ3v) is 5.39. The molecule has 0 N–H and O–H groups in total. The lowest BCUT2D eigenvalue weighted by molar-refractivity contribution is 0.0351. The van der Waals surface area contributed by atoms with Gasteiger partial charge in [-0.3, -0.25) is 4.79 Å². The highest BCUT2D eigenvalue weighted by atomic mass is 16.5. The van der Waals surface area contributed by atoms with Crippen LogP contribution in [0.3, 0.4) is 0 Å². The largest absolute Gasteiger partial charge is 0.489 e. The summed E-state index contributed by atoms with van der Waals surface area (Å²) in [4.78, 5) is 14.6. The molecule has 1 saturated heterocycles. The fourth-order valence-electron chi connectivity index (χ4n) is 3.44. The van der Waals surface area contributed by atoms with Gasteiger partial charge in [0, 0.05) is 25.8 Å². The van der Waals surface area contributed by atoms with Crippen LogP contribution in [-0.4, -0.2) is 37.1 Å². The molecule has 1 aliphatic heterocycles. The molecule has 2 aromatic carbocycles. The van der Waals surface area contributed by atoms with Crippen LogP contribution in [0.15, 0.2) is 48.5 Å². The van der Waals surface area contributed by atoms with Gasteiger partial charge in [-0.05, 0) is 53.6 Å². The summed E-state index contributed by atoms with van der Waals surface area (Å²) in [7, 11) is 1.74. The van der Waals surface area contributed by atoms with E-state index in [-0.39, 0.29) is 17.4 Å². The van der Waals surface area contributed by atoms with Crippen LogP contribution < -0.4 is 4.74 Å². The lowest BCUT2D eigenvalue weighted by Crippen LogP contribution is -2.40. The van der Waals surface area contributed by atoms with Gasteiger partial charge in [0.1, 0.15) is 12.4 Å². The quantitative estimate of drug-likeness (QED) is 0.746. The maximum Gasteiger partial charge on any atom is 0.253 e. The summed E-state index contributed by atoms with van der Waals surface area (Å²) in [6.45, 7) is 8.60. The predicted octanol–water partition coefficient (Wildman–Crippen LogP) is 4.81. The van der Waals surface area contributed by atoms with E-state index in [1.165, 1.54) is 5.56 Å². The fourth-order valence-corrected chi connectivity index (χ4v) is 3.44. The van der Waals surface area contributed by atoms with Gasteiger partial charge in [0.05, 0.1) is 6.10 Å². The Morgan fingerprint density at radius 2 is 1.61 bits per heavy atom. The zero-order chi connectivity index (χ0) is 20.1. The standard InChI is InChI=1S/C24H31NO3/c1-24(2,3)20-9-11-22(12-10-20)28-17-18-5-7-19(8-6-18)23(26)25-15-13-21(27-4)14-16-25/h5-12,21H,13-17H2,1-4H3. The SMILES string of the molecule is COC1CCN(C(=O)c2ccc(COc3ccc(C(C)(C)C)cc3)cc2)CC1. The number of amides is 1. The molecule has 0 radical (unpaired) electrons. The van der Waals surface area contributed by atoms with Crippen LogP contribution >= 0.6 is 0 Å². The highest BCUT2D eigenvalue weighted by molar-refractivity contribution is 5.94. The van der Waals surface area contributed by atoms with Crippen molar-refractivity contribution in [2.45, 2.75) is 51.7 Å². The molecule has 28 heavy (non-hydrogen) atoms. The Morgan fingerprint density at radius 1 is 1.00 bits per heavy atom. The van der Waals surface area contributed by atoms with E-state index >= 15 is 0 Å². The van der Waals surface area contributed by atoms with Crippen LogP contribution in [0, 0.1) is 0 Å². The number of likely N-dealkylation sites (tertiary alicyclic amines) is 1. The van der Waals surface area contributed by atoms with E-state index in [4.69, 9.17) is 9.47 Å². The molecule has 0 saturated carbocycles. The molecule has 0 unspecified atom stereocenters. The first-order valence-electron chi connectivity index (χ1n) is 10.0. The molecule has 1 fully saturated rings. The molecule has 4 heteroatoms. The number of rotatable bonds is 5. The molecule has 150 valence electrons. The Labute approximate surface area is 168 Å². The minimum atomic E-state index is 0.0970. The average molecular weight is 382 g/mol. The van der Waals surface area contributed by atoms with Crippen molar-refractivity contribution >= 4 is 5.91 Å². The van der Waals surface area contributed by atoms with Crippen molar-refractivity contribution in [1.29, 1.82) is 0 Å². The van der Waals surface area contributed by atoms with Crippen LogP contribution in [0.1, 0.15) is 55.1 Å². The number of benzene rings is 2. The van der Waals surface area contributed by atoms with Gasteiger partial charge in [-0.25, -0.2) is 0 Å². The molecule has 0 spiro atoms. The minimum absolute atomic E-state index is 0.0970. The van der Waals surface area contributed by atoms with Crippen molar-refractivity contribution < 1.29 is 14.3 Å². The van der Waals surface area contributed by atoms with Crippen LogP contribution in [0.5, 0.6) is 5.75 Å². The Hall–Kier alpha value is -2.33. The smallest absolute Gasteiger partial charge is 0.253 e. The number of piperidine rings is 1. The van der Waals surface area contributed by atoms with Crippen LogP contribution in [0.25, 0.3) is 0 Å². The summed E-state index contributed by atoms with van der Waals surface area (Å²) in [5.41, 5.74) is 3.21. The minimum Gasteiger partial charge on any atom is -0.489 e. The molecular weight excluding hydrogens is 350 g/mol. The van der Waals surface area contributed by atoms with Crippen molar-refractivity contribution in [2.24, 2.45) is 0 Å². The number of hydrogen-bond acceptors (Lipinski definition) is 3. The van der Waals surface area contributed by atoms with Crippen molar-refractivity contribution in [3.63, 3.8) is 0 Å². The molecule has 1 amide bonds. The molecular formula is C24H31NO3. The summed E-state index contributed by atoms with van der Waals surface area (Å²) in [6, 6.07) is 16.0. The van der Waals surface area contributed by atoms with Crippen molar-refractivity contribution in [1.82, 2.24) is 4.90 Å². The Balaban J connectivity index is 1.54. The molecule has 0 atom stereocenters. The van der Waals surface area contributed by atoms with Gasteiger partial charge >= 0.3 is 0 Å². The van der Waals surface area contributed by atoms with E-state index in [0.717, 1.165) is 42.8 Å². The zero-order valence-electron chi connectivity index (χ0n) is 17.4. The molecule has 0 bridgehead atoms. The van der Waals surface area contributed by atoms with Crippen molar-refractivity contribution in [3.8, 4) is 5.75 Å². The molecule has 0 aromatic heterocycles. The third-order valence-electron chi connectivity index (χ3n) is 5.39. The second kappa shape index (κ2) is 8.78. The Kier molecular flexibility index (Phi) is 6.40. The summed E-state index contributed by atoms with van der Waals surface area (Å²) in [5.74, 6) is 0.953. The molecule has 4 nitrogen and oxygen atoms in total. The number of carbonyl (C=O) groups is 1. The monoisotopic (exact) mass is 381 g/mol. The van der Waals surface area contributed by atoms with Gasteiger partial charge in [-0.15, -0.1) is 0 Å². The zero-order valence-corrected chi connectivity index (χ0v) is 17.4. The number of methoxy groups -OCH3 is 1. The predicted molar refractivity (Wildman–Crippen MR) is 112 cm³/mol. The van der Waals surface area contributed by atoms with E-state index in [9.17, 15) is 4.79 Å². The van der Waals surface area contributed by atoms with Gasteiger partial charge in [0.25, 0.3) is 5.91 Å². The van der Waals surface area contributed by atoms with Crippen molar-refractivity contribution in [3.05, 3.63) is 65.2 Å². The summed E-state index contributed by atoms with van der Waals surface area (Å²) < 4.78 is 11.3. The lowest BCUT2D eigenvalue weighted by atomic mass is 9.87. The normalized spacial score (nSPS) is 15.5. The van der Waals surface area contributed by atoms with Crippen LogP contribution in [0.4, 0.5) is 0 Å². The van der Waals surface area contributed by atoms with Crippen LogP contribution in [0.2, 0.25) is 0 Å². The topological polar surface area (TPSA) is 38.8 Å². The van der Waals surface area contributed by atoms with E-state index < -0.39 is 0 Å². The number of hydrogen-bond donors (Lipinski definition) is 0. The Morgan fingerprint density at radius 3 is 2.14 bits per heavy atom. The van der Waals surface area contributed by atoms with Gasteiger partial charge in [0.15, 0.2) is 0 Å². The Bertz CT molecular complexity index is 767. The summed E-state index contributed by atoms with van der Waals surface area (Å²) >= 11 is 0. The number of nitrogens with zero attached hydrogens (tertiary/aromatic N) is 1. The molecule has 3 rings (SSSR count). The lowest BCUT2D eigenvalue weighted by Gasteiger charge is -2.31. The maximum atomic E-state index is 12.7. The summed E-state index contributed by atoms with van der Waals surface area (Å²) in [5, 5.41) is 0. The van der Waals surface area contributed by atoms with Crippen LogP contribution in [-0.2, 0) is 16.8 Å². The second-order valence-electron chi connectivity index (χ2n) is 8.49. The van der Waals surface area contributed by atoms with Crippen molar-refractivity contribution in [2.75, 3.05) is 20.2 Å². The first-order valence-corrected chi connectivity index (χ1v) is 10.0. The molecule has 1 heterocycles. The highest BCUT2D eigenvalue weighted by Gasteiger charge is 2.23. The number of ether oxygens (including phenoxy) is 2. The summed E-state index contributed by atoms with van der Waals surface area (Å²) in [6.07, 6.45) is 2.09. The van der Waals surface area contributed by atoms with Gasteiger partial charge in [0.2, 0.25) is 0 Å². The average Bonchev–Trinajstić information content (AvgIpc) is 2.72. The van der Waals surface area contributed by atoms with E-state index in [0.29, 0.717) is 6.61 Å². The van der Waals surface area contributed by atoms with E-state index in [2.05, 4.69) is 32.9 Å². The maximum absolute atomic E-state index is 12.7. The highest BCUT2D eigenvalue weighted by Crippen LogP contribution is 2.24. The second-order valence-corrected chi connectivity index (χ2v) is 8.49. The third kappa shape index (κ3) is 5.14. The van der Waals surface area contributed by atoms with Gasteiger partial charge in [-0.2, -0.15) is 0 Å². The number of carbonyl (C=O) groups excluding carboxylic acids is 1. The first-order chi connectivity index (χ1) is 13.4. The first kappa shape index (κ1) is 20.4. The molecule has 2 aromatic rings. The van der Waals surface area contributed by atoms with E-state index in [1.54, 1.807) is 7.11 Å². The molecule has 1 aliphatic rings. The van der Waals surface area contributed by atoms with Gasteiger partial charge in [-0.1, -0.05) is 45.0 Å². The fraction of sp³-hybridized carbons (Fsp3) is 0.458. The van der Waals surface area contributed by atoms with E-state index in [1.807, 2.05) is 41.3 Å². The van der Waals surface area contributed by atoms with Gasteiger partial charge < -0.3 is 14.4 Å².